The molecule has 1 aliphatic heterocycles. The summed E-state index contributed by atoms with van der Waals surface area (Å²) in [5.41, 5.74) is -0.114. The molecule has 0 spiro atoms. The number of amides is 2. The second kappa shape index (κ2) is 10.0. The number of nitrogens with one attached hydrogen (secondary N) is 1. The molecule has 2 amide bonds. The fraction of sp³-hybridized carbons (Fsp3) is 0.545. The molecule has 2 rings (SSSR count). The summed E-state index contributed by atoms with van der Waals surface area (Å²) in [6, 6.07) is 6.51. The van der Waals surface area contributed by atoms with Crippen LogP contribution in [0.25, 0.3) is 0 Å². The molecule has 2 N–H and O–H groups in total. The van der Waals surface area contributed by atoms with Crippen molar-refractivity contribution < 1.29 is 24.1 Å². The first-order valence-corrected chi connectivity index (χ1v) is 10.7. The van der Waals surface area contributed by atoms with Crippen LogP contribution in [0.1, 0.15) is 50.0 Å². The van der Waals surface area contributed by atoms with Crippen LogP contribution in [-0.4, -0.2) is 66.0 Å². The Hall–Kier alpha value is -2.45. The molecule has 8 nitrogen and oxygen atoms in total. The average molecular weight is 439 g/mol. The summed E-state index contributed by atoms with van der Waals surface area (Å²) in [5, 5.41) is 12.4. The average Bonchev–Trinajstić information content (AvgIpc) is 2.69. The SMILES string of the molecule is CB(O)N[C@H]1C(=O)N(C(=O)[C@H](CN=CB=O)C(C)(C)CC(=O)c2ccc(C)cc2)C1(C)C. The second-order valence-corrected chi connectivity index (χ2v) is 9.60. The molecule has 0 aromatic heterocycles. The number of nitrogens with zero attached hydrogens (tertiary/aromatic N) is 2. The van der Waals surface area contributed by atoms with E-state index >= 15 is 0 Å². The quantitative estimate of drug-likeness (QED) is 0.247. The van der Waals surface area contributed by atoms with Crippen LogP contribution < -0.4 is 5.23 Å². The van der Waals surface area contributed by atoms with Gasteiger partial charge in [-0.05, 0) is 0 Å². The van der Waals surface area contributed by atoms with E-state index in [1.54, 1.807) is 39.8 Å². The number of hydrogen-bond acceptors (Lipinski definition) is 7. The molecular weight excluding hydrogens is 408 g/mol. The van der Waals surface area contributed by atoms with Gasteiger partial charge in [-0.2, -0.15) is 0 Å². The monoisotopic (exact) mass is 439 g/mol. The van der Waals surface area contributed by atoms with Crippen molar-refractivity contribution in [2.75, 3.05) is 6.54 Å². The number of likely N-dealkylation sites (tertiary alicyclic amines) is 1. The molecule has 0 saturated carbocycles. The molecule has 1 fully saturated rings. The predicted octanol–water partition coefficient (Wildman–Crippen LogP) is 1.50. The van der Waals surface area contributed by atoms with Crippen molar-refractivity contribution in [2.45, 2.75) is 59.4 Å². The number of carbonyl (C=O) groups excluding carboxylic acids is 3. The van der Waals surface area contributed by atoms with Crippen molar-refractivity contribution in [3.63, 3.8) is 0 Å². The van der Waals surface area contributed by atoms with E-state index in [1.165, 1.54) is 11.7 Å². The molecule has 0 bridgehead atoms. The van der Waals surface area contributed by atoms with Crippen LogP contribution in [0.2, 0.25) is 6.82 Å². The number of aryl methyl sites for hydroxylation is 1. The van der Waals surface area contributed by atoms with Crippen LogP contribution in [0.3, 0.4) is 0 Å². The van der Waals surface area contributed by atoms with E-state index < -0.39 is 41.8 Å². The first-order chi connectivity index (χ1) is 14.8. The predicted molar refractivity (Wildman–Crippen MR) is 124 cm³/mol. The van der Waals surface area contributed by atoms with E-state index in [0.29, 0.717) is 12.7 Å². The van der Waals surface area contributed by atoms with Crippen LogP contribution in [0.5, 0.6) is 0 Å². The summed E-state index contributed by atoms with van der Waals surface area (Å²) in [6.45, 7) is 10.5. The fourth-order valence-electron chi connectivity index (χ4n) is 4.09. The van der Waals surface area contributed by atoms with Gasteiger partial charge in [0.05, 0.1) is 0 Å². The van der Waals surface area contributed by atoms with E-state index in [0.717, 1.165) is 11.7 Å². The Morgan fingerprint density at radius 1 is 1.34 bits per heavy atom. The molecule has 1 aromatic rings. The molecule has 1 aromatic carbocycles. The normalized spacial score (nSPS) is 18.8. The summed E-state index contributed by atoms with van der Waals surface area (Å²) >= 11 is 0. The van der Waals surface area contributed by atoms with Crippen LogP contribution in [0.15, 0.2) is 29.3 Å². The van der Waals surface area contributed by atoms with Crippen molar-refractivity contribution in [3.8, 4) is 0 Å². The zero-order valence-corrected chi connectivity index (χ0v) is 19.6. The topological polar surface area (TPSA) is 116 Å². The number of ketones is 1. The first kappa shape index (κ1) is 25.8. The van der Waals surface area contributed by atoms with E-state index in [9.17, 15) is 24.1 Å². The third-order valence-electron chi connectivity index (χ3n) is 6.06. The molecule has 1 aliphatic rings. The minimum absolute atomic E-state index is 0.0277. The molecule has 0 aliphatic carbocycles. The van der Waals surface area contributed by atoms with Crippen LogP contribution in [0, 0.1) is 18.3 Å². The number of imide groups is 1. The van der Waals surface area contributed by atoms with Crippen molar-refractivity contribution in [1.82, 2.24) is 10.1 Å². The number of hydrogen-bond donors (Lipinski definition) is 2. The maximum atomic E-state index is 13.5. The van der Waals surface area contributed by atoms with Crippen molar-refractivity contribution >= 4 is 37.9 Å². The van der Waals surface area contributed by atoms with Gasteiger partial charge in [0.15, 0.2) is 0 Å². The Balaban J connectivity index is 2.29. The number of carbonyl (C=O) groups is 3. The molecule has 170 valence electrons. The number of benzene rings is 1. The zero-order chi connectivity index (χ0) is 24.3. The molecular formula is C22H31B2N3O5. The number of rotatable bonds is 10. The van der Waals surface area contributed by atoms with E-state index in [1.807, 2.05) is 19.1 Å². The van der Waals surface area contributed by atoms with Gasteiger partial charge < -0.3 is 0 Å². The summed E-state index contributed by atoms with van der Waals surface area (Å²) < 4.78 is 10.7. The summed E-state index contributed by atoms with van der Waals surface area (Å²) in [6.07, 6.45) is 1.14. The number of aliphatic imine (C=N–C) groups is 1. The molecule has 2 atom stereocenters. The standard InChI is InChI=1S/C22H31B2N3O5/c1-14-7-9-15(10-8-14)17(28)11-21(2,3)16(12-25-13-23-31)19(29)27-20(30)18(22(27,4)5)26-24(6)32/h7-10,13,16,18,26,32H,11-12H2,1-6H3/t16-,18-/m0/s1. The minimum atomic E-state index is -0.906. The molecule has 1 heterocycles. The summed E-state index contributed by atoms with van der Waals surface area (Å²) in [5.74, 6) is -1.81. The summed E-state index contributed by atoms with van der Waals surface area (Å²) in [4.78, 5) is 44.4. The number of β-lactam (4-membered cyclic amide) rings is 1. The van der Waals surface area contributed by atoms with Crippen molar-refractivity contribution in [2.24, 2.45) is 16.3 Å². The van der Waals surface area contributed by atoms with Crippen molar-refractivity contribution in [3.05, 3.63) is 35.4 Å². The van der Waals surface area contributed by atoms with Crippen LogP contribution in [-0.2, 0) is 14.3 Å². The van der Waals surface area contributed by atoms with Gasteiger partial charge in [-0.15, -0.1) is 0 Å². The van der Waals surface area contributed by atoms with Gasteiger partial charge in [0.1, 0.15) is 0 Å². The zero-order valence-electron chi connectivity index (χ0n) is 19.6. The molecule has 10 heteroatoms. The van der Waals surface area contributed by atoms with Gasteiger partial charge in [-0.25, -0.2) is 0 Å². The first-order valence-electron chi connectivity index (χ1n) is 10.7. The Morgan fingerprint density at radius 2 is 1.94 bits per heavy atom. The Morgan fingerprint density at radius 3 is 2.44 bits per heavy atom. The second-order valence-electron chi connectivity index (χ2n) is 9.60. The van der Waals surface area contributed by atoms with E-state index in [4.69, 9.17) is 0 Å². The maximum absolute atomic E-state index is 13.5. The molecule has 32 heavy (non-hydrogen) atoms. The van der Waals surface area contributed by atoms with E-state index in [-0.39, 0.29) is 18.7 Å². The van der Waals surface area contributed by atoms with E-state index in [2.05, 4.69) is 10.2 Å². The van der Waals surface area contributed by atoms with Crippen molar-refractivity contribution in [1.29, 1.82) is 0 Å². The fourth-order valence-corrected chi connectivity index (χ4v) is 4.09. The van der Waals surface area contributed by atoms with Gasteiger partial charge in [-0.1, -0.05) is 0 Å². The number of Topliss-reactive ketones (excluding diaryl/α,β-unsaturated/α-hetero) is 1. The Kier molecular flexibility index (Phi) is 8.06. The third kappa shape index (κ3) is 5.48. The van der Waals surface area contributed by atoms with Gasteiger partial charge in [0.2, 0.25) is 0 Å². The molecule has 1 saturated heterocycles. The van der Waals surface area contributed by atoms with Gasteiger partial charge in [0, 0.05) is 0 Å². The van der Waals surface area contributed by atoms with Crippen LogP contribution in [0.4, 0.5) is 0 Å². The van der Waals surface area contributed by atoms with Gasteiger partial charge >= 0.3 is 190 Å². The summed E-state index contributed by atoms with van der Waals surface area (Å²) in [7, 11) is -0.384. The Labute approximate surface area is 190 Å². The Bertz CT molecular complexity index is 913. The molecule has 0 radical (unpaired) electrons. The molecule has 0 unspecified atom stereocenters. The third-order valence-corrected chi connectivity index (χ3v) is 6.06. The van der Waals surface area contributed by atoms with Gasteiger partial charge in [-0.3, -0.25) is 0 Å². The van der Waals surface area contributed by atoms with Gasteiger partial charge in [0.25, 0.3) is 0 Å². The van der Waals surface area contributed by atoms with Crippen LogP contribution >= 0.6 is 0 Å².